The second-order valence-corrected chi connectivity index (χ2v) is 4.86. The van der Waals surface area contributed by atoms with Crippen molar-refractivity contribution >= 4 is 0 Å². The molecule has 2 N–H and O–H groups in total. The quantitative estimate of drug-likeness (QED) is 0.672. The number of aliphatic hydroxyl groups excluding tert-OH is 1. The van der Waals surface area contributed by atoms with Crippen molar-refractivity contribution < 1.29 is 9.84 Å². The number of hydrogen-bond acceptors (Lipinski definition) is 4. The summed E-state index contributed by atoms with van der Waals surface area (Å²) in [6.07, 6.45) is 2.61. The molecule has 0 aromatic carbocycles. The number of aliphatic hydroxyl groups is 1. The van der Waals surface area contributed by atoms with Crippen molar-refractivity contribution in [1.29, 1.82) is 0 Å². The smallest absolute Gasteiger partial charge is 0.0698 e. The van der Waals surface area contributed by atoms with E-state index in [0.717, 1.165) is 24.8 Å². The van der Waals surface area contributed by atoms with Crippen LogP contribution in [0.4, 0.5) is 0 Å². The third-order valence-corrected chi connectivity index (χ3v) is 3.36. The van der Waals surface area contributed by atoms with Crippen LogP contribution in [0.25, 0.3) is 0 Å². The van der Waals surface area contributed by atoms with Crippen LogP contribution in [0, 0.1) is 13.8 Å². The van der Waals surface area contributed by atoms with Gasteiger partial charge in [-0.15, -0.1) is 0 Å². The molecule has 1 aromatic heterocycles. The molecular weight excluding hydrogens is 230 g/mol. The Kier molecular flexibility index (Phi) is 4.74. The van der Waals surface area contributed by atoms with E-state index >= 15 is 0 Å². The molecule has 1 aromatic rings. The summed E-state index contributed by atoms with van der Waals surface area (Å²) in [4.78, 5) is 0. The fourth-order valence-electron chi connectivity index (χ4n) is 2.06. The first-order valence-electron chi connectivity index (χ1n) is 6.67. The van der Waals surface area contributed by atoms with Gasteiger partial charge in [-0.3, -0.25) is 4.68 Å². The molecular formula is C13H23N3O2. The highest BCUT2D eigenvalue weighted by atomic mass is 16.5. The number of rotatable bonds is 8. The van der Waals surface area contributed by atoms with Gasteiger partial charge in [0.05, 0.1) is 32.1 Å². The molecule has 5 nitrogen and oxygen atoms in total. The first kappa shape index (κ1) is 13.5. The van der Waals surface area contributed by atoms with E-state index in [-0.39, 0.29) is 6.61 Å². The fraction of sp³-hybridized carbons (Fsp3) is 0.769. The predicted molar refractivity (Wildman–Crippen MR) is 69.5 cm³/mol. The second kappa shape index (κ2) is 6.31. The van der Waals surface area contributed by atoms with E-state index in [2.05, 4.69) is 24.3 Å². The van der Waals surface area contributed by atoms with Gasteiger partial charge in [-0.25, -0.2) is 0 Å². The van der Waals surface area contributed by atoms with Crippen LogP contribution in [0.15, 0.2) is 0 Å². The summed E-state index contributed by atoms with van der Waals surface area (Å²) in [7, 11) is 0. The average molecular weight is 253 g/mol. The molecule has 1 heterocycles. The van der Waals surface area contributed by atoms with Crippen LogP contribution in [0.1, 0.15) is 29.8 Å². The minimum absolute atomic E-state index is 0.0771. The Morgan fingerprint density at radius 2 is 2.17 bits per heavy atom. The van der Waals surface area contributed by atoms with Crippen LogP contribution in [0.3, 0.4) is 0 Å². The second-order valence-electron chi connectivity index (χ2n) is 4.86. The highest BCUT2D eigenvalue weighted by Crippen LogP contribution is 2.20. The van der Waals surface area contributed by atoms with E-state index in [9.17, 15) is 0 Å². The normalized spacial score (nSPS) is 15.3. The SMILES string of the molecule is Cc1nn(CCOCCO)c(C)c1CNC1CC1. The van der Waals surface area contributed by atoms with Gasteiger partial charge in [-0.2, -0.15) is 5.10 Å². The molecule has 1 fully saturated rings. The highest BCUT2D eigenvalue weighted by molar-refractivity contribution is 5.24. The van der Waals surface area contributed by atoms with Gasteiger partial charge in [0.1, 0.15) is 0 Å². The lowest BCUT2D eigenvalue weighted by molar-refractivity contribution is 0.0850. The van der Waals surface area contributed by atoms with Gasteiger partial charge in [0.2, 0.25) is 0 Å². The molecule has 2 rings (SSSR count). The Bertz CT molecular complexity index is 386. The van der Waals surface area contributed by atoms with Crippen LogP contribution < -0.4 is 5.32 Å². The molecule has 1 saturated carbocycles. The maximum atomic E-state index is 8.64. The van der Waals surface area contributed by atoms with Crippen LogP contribution >= 0.6 is 0 Å². The molecule has 0 unspecified atom stereocenters. The van der Waals surface area contributed by atoms with Crippen molar-refractivity contribution in [2.45, 2.75) is 45.8 Å². The number of nitrogens with zero attached hydrogens (tertiary/aromatic N) is 2. The van der Waals surface area contributed by atoms with Crippen molar-refractivity contribution in [2.24, 2.45) is 0 Å². The third kappa shape index (κ3) is 3.54. The predicted octanol–water partition coefficient (Wildman–Crippen LogP) is 0.761. The molecule has 5 heteroatoms. The van der Waals surface area contributed by atoms with Gasteiger partial charge in [-0.1, -0.05) is 0 Å². The van der Waals surface area contributed by atoms with Crippen LogP contribution in [-0.2, 0) is 17.8 Å². The van der Waals surface area contributed by atoms with E-state index < -0.39 is 0 Å². The zero-order valence-corrected chi connectivity index (χ0v) is 11.3. The lowest BCUT2D eigenvalue weighted by Crippen LogP contribution is -2.16. The standard InChI is InChI=1S/C13H23N3O2/c1-10-13(9-14-12-3-4-12)11(2)16(15-10)5-7-18-8-6-17/h12,14,17H,3-9H2,1-2H3. The number of aromatic nitrogens is 2. The number of hydrogen-bond donors (Lipinski definition) is 2. The molecule has 1 aliphatic carbocycles. The Labute approximate surface area is 108 Å². The van der Waals surface area contributed by atoms with Crippen molar-refractivity contribution in [3.8, 4) is 0 Å². The van der Waals surface area contributed by atoms with Gasteiger partial charge in [0, 0.05) is 23.8 Å². The number of ether oxygens (including phenoxy) is 1. The maximum absolute atomic E-state index is 8.64. The summed E-state index contributed by atoms with van der Waals surface area (Å²) in [5, 5.41) is 16.7. The molecule has 0 radical (unpaired) electrons. The van der Waals surface area contributed by atoms with E-state index in [1.807, 2.05) is 4.68 Å². The molecule has 0 spiro atoms. The minimum Gasteiger partial charge on any atom is -0.394 e. The Balaban J connectivity index is 1.87. The molecule has 0 saturated heterocycles. The fourth-order valence-corrected chi connectivity index (χ4v) is 2.06. The molecule has 0 amide bonds. The summed E-state index contributed by atoms with van der Waals surface area (Å²) in [5.74, 6) is 0. The van der Waals surface area contributed by atoms with E-state index in [1.54, 1.807) is 0 Å². The summed E-state index contributed by atoms with van der Waals surface area (Å²) < 4.78 is 7.27. The van der Waals surface area contributed by atoms with Gasteiger partial charge >= 0.3 is 0 Å². The van der Waals surface area contributed by atoms with Gasteiger partial charge in [0.25, 0.3) is 0 Å². The monoisotopic (exact) mass is 253 g/mol. The third-order valence-electron chi connectivity index (χ3n) is 3.36. The van der Waals surface area contributed by atoms with Crippen LogP contribution in [0.5, 0.6) is 0 Å². The van der Waals surface area contributed by atoms with E-state index in [4.69, 9.17) is 9.84 Å². The van der Waals surface area contributed by atoms with Crippen molar-refractivity contribution in [3.63, 3.8) is 0 Å². The average Bonchev–Trinajstić information content (AvgIpc) is 3.13. The van der Waals surface area contributed by atoms with Gasteiger partial charge in [0.15, 0.2) is 0 Å². The van der Waals surface area contributed by atoms with Gasteiger partial charge < -0.3 is 15.2 Å². The molecule has 18 heavy (non-hydrogen) atoms. The van der Waals surface area contributed by atoms with E-state index in [1.165, 1.54) is 24.1 Å². The summed E-state index contributed by atoms with van der Waals surface area (Å²) in [5.41, 5.74) is 3.63. The lowest BCUT2D eigenvalue weighted by atomic mass is 10.2. The molecule has 102 valence electrons. The Morgan fingerprint density at radius 3 is 2.83 bits per heavy atom. The Morgan fingerprint density at radius 1 is 1.39 bits per heavy atom. The molecule has 0 bridgehead atoms. The summed E-state index contributed by atoms with van der Waals surface area (Å²) in [6, 6.07) is 0.722. The first-order valence-corrected chi connectivity index (χ1v) is 6.67. The number of nitrogens with one attached hydrogen (secondary N) is 1. The topological polar surface area (TPSA) is 59.3 Å². The minimum atomic E-state index is 0.0771. The van der Waals surface area contributed by atoms with Crippen molar-refractivity contribution in [2.75, 3.05) is 19.8 Å². The van der Waals surface area contributed by atoms with Crippen LogP contribution in [0.2, 0.25) is 0 Å². The maximum Gasteiger partial charge on any atom is 0.0698 e. The number of aryl methyl sites for hydroxylation is 1. The largest absolute Gasteiger partial charge is 0.394 e. The Hall–Kier alpha value is -0.910. The summed E-state index contributed by atoms with van der Waals surface area (Å²) >= 11 is 0. The summed E-state index contributed by atoms with van der Waals surface area (Å²) in [6.45, 7) is 6.90. The van der Waals surface area contributed by atoms with E-state index in [0.29, 0.717) is 13.2 Å². The highest BCUT2D eigenvalue weighted by Gasteiger charge is 2.21. The van der Waals surface area contributed by atoms with Crippen LogP contribution in [-0.4, -0.2) is 40.7 Å². The van der Waals surface area contributed by atoms with Crippen molar-refractivity contribution in [1.82, 2.24) is 15.1 Å². The first-order chi connectivity index (χ1) is 8.72. The van der Waals surface area contributed by atoms with Gasteiger partial charge in [-0.05, 0) is 26.7 Å². The molecule has 0 aliphatic heterocycles. The molecule has 1 aliphatic rings. The zero-order chi connectivity index (χ0) is 13.0. The molecule has 0 atom stereocenters. The van der Waals surface area contributed by atoms with Crippen molar-refractivity contribution in [3.05, 3.63) is 17.0 Å². The zero-order valence-electron chi connectivity index (χ0n) is 11.3. The lowest BCUT2D eigenvalue weighted by Gasteiger charge is -2.06.